The molecule has 4 aromatic rings. The SMILES string of the molecule is Cc1c(Br)ccc2c1sc1c3ccc(Br)cc3sc21. The molecule has 4 rings (SSSR count). The minimum Gasteiger partial charge on any atom is -0.134 e. The molecule has 2 aromatic heterocycles. The molecule has 0 aliphatic heterocycles. The fourth-order valence-electron chi connectivity index (χ4n) is 2.41. The van der Waals surface area contributed by atoms with Gasteiger partial charge in [0.15, 0.2) is 0 Å². The molecule has 19 heavy (non-hydrogen) atoms. The topological polar surface area (TPSA) is 0 Å². The molecule has 0 fully saturated rings. The predicted octanol–water partition coefficient (Wildman–Crippen LogP) is 7.10. The van der Waals surface area contributed by atoms with Crippen LogP contribution in [0.3, 0.4) is 0 Å². The molecular weight excluding hydrogens is 404 g/mol. The normalized spacial score (nSPS) is 11.9. The van der Waals surface area contributed by atoms with E-state index >= 15 is 0 Å². The minimum atomic E-state index is 1.15. The van der Waals surface area contributed by atoms with Crippen molar-refractivity contribution in [1.82, 2.24) is 0 Å². The average Bonchev–Trinajstić information content (AvgIpc) is 2.89. The highest BCUT2D eigenvalue weighted by Gasteiger charge is 2.14. The van der Waals surface area contributed by atoms with Gasteiger partial charge in [0.2, 0.25) is 0 Å². The lowest BCUT2D eigenvalue weighted by Gasteiger charge is -1.98. The zero-order valence-corrected chi connectivity index (χ0v) is 14.8. The smallest absolute Gasteiger partial charge is 0.0542 e. The fraction of sp³-hybridized carbons (Fsp3) is 0.0667. The summed E-state index contributed by atoms with van der Waals surface area (Å²) < 4.78 is 7.95. The Hall–Kier alpha value is -0.420. The summed E-state index contributed by atoms with van der Waals surface area (Å²) in [7, 11) is 0. The zero-order valence-electron chi connectivity index (χ0n) is 9.96. The van der Waals surface area contributed by atoms with Crippen LogP contribution in [0, 0.1) is 6.92 Å². The molecule has 0 radical (unpaired) electrons. The van der Waals surface area contributed by atoms with Gasteiger partial charge in [0.25, 0.3) is 0 Å². The van der Waals surface area contributed by atoms with Crippen molar-refractivity contribution in [3.05, 3.63) is 44.8 Å². The van der Waals surface area contributed by atoms with Crippen LogP contribution >= 0.6 is 54.5 Å². The van der Waals surface area contributed by atoms with Gasteiger partial charge in [0.1, 0.15) is 0 Å². The Morgan fingerprint density at radius 1 is 0.842 bits per heavy atom. The zero-order chi connectivity index (χ0) is 13.1. The van der Waals surface area contributed by atoms with E-state index in [4.69, 9.17) is 0 Å². The van der Waals surface area contributed by atoms with Crippen molar-refractivity contribution < 1.29 is 0 Å². The first-order chi connectivity index (χ1) is 9.15. The molecule has 2 aromatic carbocycles. The van der Waals surface area contributed by atoms with Gasteiger partial charge in [-0.25, -0.2) is 0 Å². The van der Waals surface area contributed by atoms with E-state index in [1.54, 1.807) is 0 Å². The number of hydrogen-bond acceptors (Lipinski definition) is 2. The van der Waals surface area contributed by atoms with Crippen LogP contribution in [0.2, 0.25) is 0 Å². The van der Waals surface area contributed by atoms with Crippen molar-refractivity contribution >= 4 is 84.1 Å². The van der Waals surface area contributed by atoms with E-state index < -0.39 is 0 Å². The van der Waals surface area contributed by atoms with Crippen molar-refractivity contribution in [2.75, 3.05) is 0 Å². The molecule has 4 heteroatoms. The Kier molecular flexibility index (Phi) is 2.78. The molecule has 94 valence electrons. The molecule has 0 spiro atoms. The van der Waals surface area contributed by atoms with Crippen LogP contribution in [-0.2, 0) is 0 Å². The van der Waals surface area contributed by atoms with E-state index in [9.17, 15) is 0 Å². The fourth-order valence-corrected chi connectivity index (χ4v) is 6.17. The molecule has 0 nitrogen and oxygen atoms in total. The summed E-state index contributed by atoms with van der Waals surface area (Å²) >= 11 is 11.0. The molecule has 0 bridgehead atoms. The molecular formula is C15H8Br2S2. The van der Waals surface area contributed by atoms with E-state index in [0.717, 1.165) is 4.47 Å². The maximum atomic E-state index is 3.62. The van der Waals surface area contributed by atoms with Crippen molar-refractivity contribution in [3.63, 3.8) is 0 Å². The lowest BCUT2D eigenvalue weighted by atomic mass is 10.2. The lowest BCUT2D eigenvalue weighted by molar-refractivity contribution is 1.51. The summed E-state index contributed by atoms with van der Waals surface area (Å²) in [5.41, 5.74) is 1.34. The molecule has 0 unspecified atom stereocenters. The van der Waals surface area contributed by atoms with Crippen molar-refractivity contribution in [2.45, 2.75) is 6.92 Å². The van der Waals surface area contributed by atoms with Gasteiger partial charge >= 0.3 is 0 Å². The summed E-state index contributed by atoms with van der Waals surface area (Å²) in [5, 5.41) is 2.76. The molecule has 0 amide bonds. The largest absolute Gasteiger partial charge is 0.134 e. The maximum absolute atomic E-state index is 3.62. The van der Waals surface area contributed by atoms with Gasteiger partial charge in [-0.05, 0) is 30.7 Å². The summed E-state index contributed by atoms with van der Waals surface area (Å²) in [5.74, 6) is 0. The standard InChI is InChI=1S/C15H8Br2S2/c1-7-11(17)5-4-10-13(7)19-14-9-3-2-8(16)6-12(9)18-15(10)14/h2-6H,1H3. The second kappa shape index (κ2) is 4.29. The van der Waals surface area contributed by atoms with Crippen LogP contribution in [0.4, 0.5) is 0 Å². The van der Waals surface area contributed by atoms with Crippen LogP contribution in [0.1, 0.15) is 5.56 Å². The van der Waals surface area contributed by atoms with Crippen molar-refractivity contribution in [3.8, 4) is 0 Å². The number of rotatable bonds is 0. The molecule has 0 saturated heterocycles. The van der Waals surface area contributed by atoms with E-state index in [1.165, 1.54) is 39.6 Å². The highest BCUT2D eigenvalue weighted by atomic mass is 79.9. The Balaban J connectivity index is 2.25. The van der Waals surface area contributed by atoms with Gasteiger partial charge in [0.05, 0.1) is 9.40 Å². The summed E-state index contributed by atoms with van der Waals surface area (Å²) in [6, 6.07) is 10.9. The van der Waals surface area contributed by atoms with E-state index in [-0.39, 0.29) is 0 Å². The summed E-state index contributed by atoms with van der Waals surface area (Å²) in [6.07, 6.45) is 0. The summed E-state index contributed by atoms with van der Waals surface area (Å²) in [6.45, 7) is 2.19. The Morgan fingerprint density at radius 2 is 1.58 bits per heavy atom. The first-order valence-corrected chi connectivity index (χ1v) is 9.06. The molecule has 0 atom stereocenters. The van der Waals surface area contributed by atoms with Gasteiger partial charge in [-0.3, -0.25) is 0 Å². The van der Waals surface area contributed by atoms with Gasteiger partial charge in [-0.2, -0.15) is 0 Å². The van der Waals surface area contributed by atoms with Crippen LogP contribution < -0.4 is 0 Å². The highest BCUT2D eigenvalue weighted by molar-refractivity contribution is 9.10. The Bertz CT molecular complexity index is 947. The lowest BCUT2D eigenvalue weighted by Crippen LogP contribution is -1.73. The third-order valence-electron chi connectivity index (χ3n) is 3.40. The number of halogens is 2. The van der Waals surface area contributed by atoms with Crippen LogP contribution in [0.25, 0.3) is 29.6 Å². The Morgan fingerprint density at radius 3 is 2.42 bits per heavy atom. The number of thiophene rings is 2. The predicted molar refractivity (Wildman–Crippen MR) is 94.9 cm³/mol. The number of aryl methyl sites for hydroxylation is 1. The number of benzene rings is 2. The molecule has 0 aliphatic rings. The molecule has 0 N–H and O–H groups in total. The third-order valence-corrected chi connectivity index (χ3v) is 7.42. The van der Waals surface area contributed by atoms with Gasteiger partial charge in [-0.15, -0.1) is 22.7 Å². The second-order valence-corrected chi connectivity index (χ2v) is 8.39. The van der Waals surface area contributed by atoms with Crippen molar-refractivity contribution in [1.29, 1.82) is 0 Å². The van der Waals surface area contributed by atoms with Gasteiger partial charge in [-0.1, -0.05) is 44.0 Å². The van der Waals surface area contributed by atoms with E-state index in [1.807, 2.05) is 22.7 Å². The van der Waals surface area contributed by atoms with Crippen LogP contribution in [-0.4, -0.2) is 0 Å². The van der Waals surface area contributed by atoms with Crippen molar-refractivity contribution in [2.24, 2.45) is 0 Å². The van der Waals surface area contributed by atoms with Gasteiger partial charge < -0.3 is 0 Å². The van der Waals surface area contributed by atoms with Gasteiger partial charge in [0, 0.05) is 29.1 Å². The summed E-state index contributed by atoms with van der Waals surface area (Å²) in [4.78, 5) is 0. The quantitative estimate of drug-likeness (QED) is 0.289. The number of fused-ring (bicyclic) bond motifs is 5. The molecule has 0 saturated carbocycles. The monoisotopic (exact) mass is 410 g/mol. The van der Waals surface area contributed by atoms with E-state index in [2.05, 4.69) is 69.1 Å². The van der Waals surface area contributed by atoms with Crippen LogP contribution in [0.15, 0.2) is 39.3 Å². The second-order valence-electron chi connectivity index (χ2n) is 4.55. The third kappa shape index (κ3) is 1.74. The average molecular weight is 412 g/mol. The minimum absolute atomic E-state index is 1.15. The Labute approximate surface area is 135 Å². The first-order valence-electron chi connectivity index (χ1n) is 5.84. The van der Waals surface area contributed by atoms with E-state index in [0.29, 0.717) is 0 Å². The van der Waals surface area contributed by atoms with Crippen LogP contribution in [0.5, 0.6) is 0 Å². The maximum Gasteiger partial charge on any atom is 0.0542 e. The molecule has 2 heterocycles. The first kappa shape index (κ1) is 12.3. The highest BCUT2D eigenvalue weighted by Crippen LogP contribution is 2.46. The molecule has 0 aliphatic carbocycles. The number of hydrogen-bond donors (Lipinski definition) is 0.